The number of rotatable bonds is 9. The minimum Gasteiger partial charge on any atom is -0.356 e. The van der Waals surface area contributed by atoms with Crippen molar-refractivity contribution in [2.24, 2.45) is 11.8 Å². The Labute approximate surface area is 121 Å². The van der Waals surface area contributed by atoms with Crippen LogP contribution in [0.3, 0.4) is 0 Å². The smallest absolute Gasteiger partial charge is 0.222 e. The van der Waals surface area contributed by atoms with Gasteiger partial charge in [0.1, 0.15) is 0 Å². The molecule has 0 saturated heterocycles. The number of hydrogen-bond donors (Lipinski definition) is 2. The fraction of sp³-hybridized carbons (Fsp3) is 0.800. The van der Waals surface area contributed by atoms with Crippen LogP contribution in [0.2, 0.25) is 0 Å². The molecule has 0 aromatic heterocycles. The molecule has 0 rings (SSSR count). The molecule has 0 aromatic rings. The second kappa shape index (κ2) is 9.50. The Morgan fingerprint density at radius 3 is 2.00 bits per heavy atom. The van der Waals surface area contributed by atoms with E-state index in [0.717, 1.165) is 12.8 Å². The van der Waals surface area contributed by atoms with Gasteiger partial charge in [-0.3, -0.25) is 14.4 Å². The van der Waals surface area contributed by atoms with E-state index in [4.69, 9.17) is 0 Å². The van der Waals surface area contributed by atoms with Gasteiger partial charge in [-0.25, -0.2) is 0 Å². The van der Waals surface area contributed by atoms with Crippen molar-refractivity contribution < 1.29 is 14.4 Å². The van der Waals surface area contributed by atoms with Crippen molar-refractivity contribution in [2.75, 3.05) is 6.54 Å². The van der Waals surface area contributed by atoms with Crippen LogP contribution in [0.5, 0.6) is 0 Å². The number of ketones is 1. The first-order chi connectivity index (χ1) is 9.25. The van der Waals surface area contributed by atoms with E-state index < -0.39 is 6.04 Å². The van der Waals surface area contributed by atoms with Crippen molar-refractivity contribution in [3.8, 4) is 0 Å². The minimum absolute atomic E-state index is 0.00959. The van der Waals surface area contributed by atoms with Crippen molar-refractivity contribution >= 4 is 17.6 Å². The van der Waals surface area contributed by atoms with Crippen molar-refractivity contribution in [1.29, 1.82) is 0 Å². The van der Waals surface area contributed by atoms with Crippen LogP contribution in [0, 0.1) is 11.8 Å². The summed E-state index contributed by atoms with van der Waals surface area (Å²) in [7, 11) is 0. The van der Waals surface area contributed by atoms with Crippen molar-refractivity contribution in [3.63, 3.8) is 0 Å². The molecule has 0 aliphatic carbocycles. The molecule has 116 valence electrons. The highest BCUT2D eigenvalue weighted by Gasteiger charge is 2.21. The number of carbonyl (C=O) groups is 3. The number of Topliss-reactive ketones (excluding diaryl/α,β-unsaturated/α-hetero) is 1. The van der Waals surface area contributed by atoms with Gasteiger partial charge in [0.05, 0.1) is 6.04 Å². The third kappa shape index (κ3) is 7.92. The average molecular weight is 284 g/mol. The first kappa shape index (κ1) is 18.6. The lowest BCUT2D eigenvalue weighted by Crippen LogP contribution is -2.41. The van der Waals surface area contributed by atoms with Crippen LogP contribution < -0.4 is 10.6 Å². The van der Waals surface area contributed by atoms with Gasteiger partial charge in [0, 0.05) is 25.3 Å². The highest BCUT2D eigenvalue weighted by atomic mass is 16.2. The molecule has 0 spiro atoms. The monoisotopic (exact) mass is 284 g/mol. The molecule has 0 bridgehead atoms. The summed E-state index contributed by atoms with van der Waals surface area (Å²) in [5.41, 5.74) is 0. The molecular formula is C15H28N2O3. The summed E-state index contributed by atoms with van der Waals surface area (Å²) < 4.78 is 0. The molecule has 0 fully saturated rings. The Morgan fingerprint density at radius 1 is 0.950 bits per heavy atom. The number of carbonyl (C=O) groups excluding carboxylic acids is 3. The van der Waals surface area contributed by atoms with Crippen LogP contribution in [0.25, 0.3) is 0 Å². The Morgan fingerprint density at radius 2 is 1.55 bits per heavy atom. The zero-order valence-electron chi connectivity index (χ0n) is 13.3. The van der Waals surface area contributed by atoms with E-state index >= 15 is 0 Å². The Balaban J connectivity index is 4.06. The van der Waals surface area contributed by atoms with Crippen LogP contribution >= 0.6 is 0 Å². The van der Waals surface area contributed by atoms with Crippen LogP contribution in [0.15, 0.2) is 0 Å². The summed E-state index contributed by atoms with van der Waals surface area (Å²) in [6.45, 7) is 9.40. The SMILES string of the molecule is CC(=O)N[C@@H](CCCCNC(=O)C(C)C)C(=O)C(C)C. The quantitative estimate of drug-likeness (QED) is 0.632. The Kier molecular flexibility index (Phi) is 8.84. The predicted molar refractivity (Wildman–Crippen MR) is 79.1 cm³/mol. The highest BCUT2D eigenvalue weighted by Crippen LogP contribution is 2.08. The van der Waals surface area contributed by atoms with Gasteiger partial charge >= 0.3 is 0 Å². The van der Waals surface area contributed by atoms with Crippen LogP contribution in [-0.4, -0.2) is 30.2 Å². The third-order valence-corrected chi connectivity index (χ3v) is 3.03. The van der Waals surface area contributed by atoms with E-state index in [1.807, 2.05) is 27.7 Å². The zero-order chi connectivity index (χ0) is 15.7. The van der Waals surface area contributed by atoms with Gasteiger partial charge in [0.25, 0.3) is 0 Å². The Hall–Kier alpha value is -1.39. The lowest BCUT2D eigenvalue weighted by Gasteiger charge is -2.18. The summed E-state index contributed by atoms with van der Waals surface area (Å²) in [6, 6.07) is -0.409. The lowest BCUT2D eigenvalue weighted by molar-refractivity contribution is -0.128. The molecule has 0 radical (unpaired) electrons. The van der Waals surface area contributed by atoms with E-state index in [1.54, 1.807) is 0 Å². The summed E-state index contributed by atoms with van der Waals surface area (Å²) in [4.78, 5) is 34.4. The number of amides is 2. The topological polar surface area (TPSA) is 75.3 Å². The molecule has 0 aromatic carbocycles. The molecule has 1 atom stereocenters. The van der Waals surface area contributed by atoms with Crippen molar-refractivity contribution in [2.45, 2.75) is 59.9 Å². The summed E-state index contributed by atoms with van der Waals surface area (Å²) in [5.74, 6) is -0.178. The molecule has 5 nitrogen and oxygen atoms in total. The molecule has 0 heterocycles. The fourth-order valence-corrected chi connectivity index (χ4v) is 1.82. The normalized spacial score (nSPS) is 12.3. The van der Waals surface area contributed by atoms with E-state index in [1.165, 1.54) is 6.92 Å². The molecule has 0 aliphatic heterocycles. The first-order valence-electron chi connectivity index (χ1n) is 7.34. The van der Waals surface area contributed by atoms with Gasteiger partial charge in [0.15, 0.2) is 5.78 Å². The maximum atomic E-state index is 12.0. The molecule has 5 heteroatoms. The average Bonchev–Trinajstić information content (AvgIpc) is 2.34. The van der Waals surface area contributed by atoms with Gasteiger partial charge in [-0.05, 0) is 19.3 Å². The number of nitrogens with one attached hydrogen (secondary N) is 2. The summed E-state index contributed by atoms with van der Waals surface area (Å²) in [6.07, 6.45) is 2.22. The Bertz CT molecular complexity index is 338. The number of unbranched alkanes of at least 4 members (excludes halogenated alkanes) is 1. The van der Waals surface area contributed by atoms with E-state index in [2.05, 4.69) is 10.6 Å². The van der Waals surface area contributed by atoms with E-state index in [9.17, 15) is 14.4 Å². The van der Waals surface area contributed by atoms with Gasteiger partial charge in [-0.2, -0.15) is 0 Å². The van der Waals surface area contributed by atoms with Gasteiger partial charge in [-0.15, -0.1) is 0 Å². The second-order valence-electron chi connectivity index (χ2n) is 5.75. The van der Waals surface area contributed by atoms with Crippen LogP contribution in [0.1, 0.15) is 53.9 Å². The summed E-state index contributed by atoms with van der Waals surface area (Å²) >= 11 is 0. The molecule has 2 amide bonds. The maximum Gasteiger partial charge on any atom is 0.222 e. The van der Waals surface area contributed by atoms with Crippen LogP contribution in [0.4, 0.5) is 0 Å². The van der Waals surface area contributed by atoms with Gasteiger partial charge < -0.3 is 10.6 Å². The second-order valence-corrected chi connectivity index (χ2v) is 5.75. The van der Waals surface area contributed by atoms with Gasteiger partial charge in [-0.1, -0.05) is 27.7 Å². The summed E-state index contributed by atoms with van der Waals surface area (Å²) in [5, 5.41) is 5.54. The molecule has 20 heavy (non-hydrogen) atoms. The number of hydrogen-bond acceptors (Lipinski definition) is 3. The van der Waals surface area contributed by atoms with Gasteiger partial charge in [0.2, 0.25) is 11.8 Å². The van der Waals surface area contributed by atoms with Crippen molar-refractivity contribution in [1.82, 2.24) is 10.6 Å². The largest absolute Gasteiger partial charge is 0.356 e. The van der Waals surface area contributed by atoms with E-state index in [-0.39, 0.29) is 29.4 Å². The lowest BCUT2D eigenvalue weighted by atomic mass is 9.97. The zero-order valence-corrected chi connectivity index (χ0v) is 13.3. The molecule has 0 unspecified atom stereocenters. The van der Waals surface area contributed by atoms with E-state index in [0.29, 0.717) is 13.0 Å². The molecule has 0 saturated carbocycles. The third-order valence-electron chi connectivity index (χ3n) is 3.03. The molecule has 0 aliphatic rings. The highest BCUT2D eigenvalue weighted by molar-refractivity contribution is 5.89. The fourth-order valence-electron chi connectivity index (χ4n) is 1.82. The van der Waals surface area contributed by atoms with Crippen LogP contribution in [-0.2, 0) is 14.4 Å². The predicted octanol–water partition coefficient (Wildman–Crippen LogP) is 1.66. The molecule has 2 N–H and O–H groups in total. The first-order valence-corrected chi connectivity index (χ1v) is 7.34. The minimum atomic E-state index is -0.409. The molecular weight excluding hydrogens is 256 g/mol. The standard InChI is InChI=1S/C15H28N2O3/c1-10(2)14(19)13(17-12(5)18)8-6-7-9-16-15(20)11(3)4/h10-11,13H,6-9H2,1-5H3,(H,16,20)(H,17,18)/t13-/m0/s1. The maximum absolute atomic E-state index is 12.0. The van der Waals surface area contributed by atoms with Crippen molar-refractivity contribution in [3.05, 3.63) is 0 Å².